The van der Waals surface area contributed by atoms with Gasteiger partial charge in [-0.15, -0.1) is 0 Å². The summed E-state index contributed by atoms with van der Waals surface area (Å²) in [5.74, 6) is -2.14. The van der Waals surface area contributed by atoms with Crippen LogP contribution < -0.4 is 5.32 Å². The first-order chi connectivity index (χ1) is 8.45. The Kier molecular flexibility index (Phi) is 4.78. The van der Waals surface area contributed by atoms with Crippen molar-refractivity contribution in [3.63, 3.8) is 0 Å². The van der Waals surface area contributed by atoms with E-state index >= 15 is 0 Å². The van der Waals surface area contributed by atoms with Crippen LogP contribution in [0, 0.1) is 0 Å². The van der Waals surface area contributed by atoms with Gasteiger partial charge in [-0.2, -0.15) is 0 Å². The maximum absolute atomic E-state index is 11.2. The summed E-state index contributed by atoms with van der Waals surface area (Å²) in [6, 6.07) is 0. The zero-order valence-corrected chi connectivity index (χ0v) is 10.7. The van der Waals surface area contributed by atoms with Gasteiger partial charge >= 0.3 is 11.9 Å². The average Bonchev–Trinajstić information content (AvgIpc) is 2.71. The molecule has 0 spiro atoms. The molecule has 0 fully saturated rings. The maximum Gasteiger partial charge on any atom is 0.356 e. The first-order valence-corrected chi connectivity index (χ1v) is 5.91. The monoisotopic (exact) mass is 272 g/mol. The minimum atomic E-state index is -1.28. The van der Waals surface area contributed by atoms with Crippen molar-refractivity contribution in [2.75, 3.05) is 18.5 Å². The second-order valence-electron chi connectivity index (χ2n) is 3.22. The van der Waals surface area contributed by atoms with Crippen molar-refractivity contribution < 1.29 is 24.2 Å². The molecule has 0 unspecified atom stereocenters. The zero-order chi connectivity index (χ0) is 13.7. The first-order valence-electron chi connectivity index (χ1n) is 5.10. The summed E-state index contributed by atoms with van der Waals surface area (Å²) in [7, 11) is 0. The van der Waals surface area contributed by atoms with Gasteiger partial charge in [0.05, 0.1) is 6.61 Å². The molecule has 1 aromatic rings. The Morgan fingerprint density at radius 1 is 1.44 bits per heavy atom. The van der Waals surface area contributed by atoms with E-state index in [1.165, 1.54) is 6.92 Å². The molecule has 0 amide bonds. The molecule has 0 aromatic carbocycles. The number of carbonyl (C=O) groups excluding carboxylic acids is 2. The summed E-state index contributed by atoms with van der Waals surface area (Å²) in [6.45, 7) is 3.07. The van der Waals surface area contributed by atoms with E-state index in [-0.39, 0.29) is 34.6 Å². The molecule has 8 heteroatoms. The van der Waals surface area contributed by atoms with Crippen molar-refractivity contribution >= 4 is 34.2 Å². The van der Waals surface area contributed by atoms with E-state index in [0.29, 0.717) is 0 Å². The van der Waals surface area contributed by atoms with Crippen LogP contribution in [0.4, 0.5) is 5.13 Å². The molecule has 98 valence electrons. The third-order valence-electron chi connectivity index (χ3n) is 1.84. The molecule has 1 rings (SSSR count). The Labute approximate surface area is 107 Å². The number of hydrogen-bond donors (Lipinski definition) is 2. The second kappa shape index (κ2) is 6.10. The molecule has 0 aliphatic heterocycles. The van der Waals surface area contributed by atoms with Gasteiger partial charge in [-0.25, -0.2) is 9.78 Å². The fourth-order valence-electron chi connectivity index (χ4n) is 1.14. The number of nitrogens with zero attached hydrogens (tertiary/aromatic N) is 1. The van der Waals surface area contributed by atoms with Crippen LogP contribution in [0.5, 0.6) is 0 Å². The van der Waals surface area contributed by atoms with E-state index in [2.05, 4.69) is 15.0 Å². The van der Waals surface area contributed by atoms with Crippen molar-refractivity contribution in [2.24, 2.45) is 0 Å². The molecule has 0 aliphatic rings. The quantitative estimate of drug-likeness (QED) is 0.588. The van der Waals surface area contributed by atoms with Crippen LogP contribution in [0.1, 0.15) is 34.0 Å². The van der Waals surface area contributed by atoms with Crippen LogP contribution >= 0.6 is 11.3 Å². The number of rotatable bonds is 6. The lowest BCUT2D eigenvalue weighted by Gasteiger charge is -2.01. The number of aromatic nitrogens is 1. The van der Waals surface area contributed by atoms with Crippen molar-refractivity contribution in [1.29, 1.82) is 0 Å². The van der Waals surface area contributed by atoms with Gasteiger partial charge < -0.3 is 15.2 Å². The summed E-state index contributed by atoms with van der Waals surface area (Å²) in [4.78, 5) is 36.9. The molecule has 0 saturated heterocycles. The Bertz CT molecular complexity index is 451. The van der Waals surface area contributed by atoms with Gasteiger partial charge in [-0.3, -0.25) is 9.59 Å². The number of nitrogens with one attached hydrogen (secondary N) is 1. The van der Waals surface area contributed by atoms with E-state index in [9.17, 15) is 14.4 Å². The van der Waals surface area contributed by atoms with Crippen LogP contribution in [0.2, 0.25) is 0 Å². The normalized spacial score (nSPS) is 9.89. The summed E-state index contributed by atoms with van der Waals surface area (Å²) in [5.41, 5.74) is -0.307. The SMILES string of the molecule is CCOC(=O)CNc1nc(C(=O)O)c(C(C)=O)s1. The molecule has 0 bridgehead atoms. The highest BCUT2D eigenvalue weighted by molar-refractivity contribution is 7.17. The highest BCUT2D eigenvalue weighted by Gasteiger charge is 2.20. The standard InChI is InChI=1S/C10H12N2O5S/c1-3-17-6(14)4-11-10-12-7(9(15)16)8(18-10)5(2)13/h3-4H2,1-2H3,(H,11,12)(H,15,16). The second-order valence-corrected chi connectivity index (χ2v) is 4.22. The molecule has 0 saturated carbocycles. The number of thiazole rings is 1. The highest BCUT2D eigenvalue weighted by atomic mass is 32.1. The third-order valence-corrected chi connectivity index (χ3v) is 2.95. The number of hydrogen-bond acceptors (Lipinski definition) is 7. The number of carboxylic acids is 1. The number of Topliss-reactive ketones (excluding diaryl/α,β-unsaturated/α-hetero) is 1. The summed E-state index contributed by atoms with van der Waals surface area (Å²) >= 11 is 0.896. The Balaban J connectivity index is 2.79. The summed E-state index contributed by atoms with van der Waals surface area (Å²) < 4.78 is 4.69. The smallest absolute Gasteiger partial charge is 0.356 e. The van der Waals surface area contributed by atoms with E-state index in [1.54, 1.807) is 6.92 Å². The number of anilines is 1. The Morgan fingerprint density at radius 3 is 2.56 bits per heavy atom. The van der Waals surface area contributed by atoms with Gasteiger partial charge in [0, 0.05) is 6.92 Å². The molecule has 0 atom stereocenters. The van der Waals surface area contributed by atoms with Crippen LogP contribution in [-0.4, -0.2) is 41.0 Å². The predicted octanol–water partition coefficient (Wildman–Crippen LogP) is 1.02. The maximum atomic E-state index is 11.2. The first kappa shape index (κ1) is 14.1. The lowest BCUT2D eigenvalue weighted by molar-refractivity contribution is -0.140. The largest absolute Gasteiger partial charge is 0.476 e. The van der Waals surface area contributed by atoms with E-state index < -0.39 is 11.9 Å². The molecule has 18 heavy (non-hydrogen) atoms. The van der Waals surface area contributed by atoms with Crippen LogP contribution in [0.15, 0.2) is 0 Å². The molecule has 0 aliphatic carbocycles. The molecular formula is C10H12N2O5S. The van der Waals surface area contributed by atoms with E-state index in [4.69, 9.17) is 5.11 Å². The fraction of sp³-hybridized carbons (Fsp3) is 0.400. The topological polar surface area (TPSA) is 106 Å². The van der Waals surface area contributed by atoms with Crippen LogP contribution in [0.3, 0.4) is 0 Å². The van der Waals surface area contributed by atoms with E-state index in [0.717, 1.165) is 11.3 Å². The van der Waals surface area contributed by atoms with Gasteiger partial charge in [0.1, 0.15) is 11.4 Å². The third kappa shape index (κ3) is 3.52. The Hall–Kier alpha value is -1.96. The van der Waals surface area contributed by atoms with E-state index in [1.807, 2.05) is 0 Å². The highest BCUT2D eigenvalue weighted by Crippen LogP contribution is 2.23. The van der Waals surface area contributed by atoms with Gasteiger partial charge in [-0.05, 0) is 6.92 Å². The Morgan fingerprint density at radius 2 is 2.11 bits per heavy atom. The van der Waals surface area contributed by atoms with Crippen molar-refractivity contribution in [2.45, 2.75) is 13.8 Å². The lowest BCUT2D eigenvalue weighted by Crippen LogP contribution is -2.16. The fourth-order valence-corrected chi connectivity index (χ4v) is 1.99. The number of ketones is 1. The zero-order valence-electron chi connectivity index (χ0n) is 9.85. The average molecular weight is 272 g/mol. The minimum Gasteiger partial charge on any atom is -0.476 e. The number of ether oxygens (including phenoxy) is 1. The molecule has 2 N–H and O–H groups in total. The molecular weight excluding hydrogens is 260 g/mol. The van der Waals surface area contributed by atoms with Gasteiger partial charge in [0.2, 0.25) is 0 Å². The minimum absolute atomic E-state index is 0.0499. The summed E-state index contributed by atoms with van der Waals surface area (Å²) in [6.07, 6.45) is 0. The van der Waals surface area contributed by atoms with Gasteiger partial charge in [-0.1, -0.05) is 11.3 Å². The molecule has 7 nitrogen and oxygen atoms in total. The number of carboxylic acid groups (broad SMARTS) is 1. The lowest BCUT2D eigenvalue weighted by atomic mass is 10.3. The molecule has 1 heterocycles. The van der Waals surface area contributed by atoms with Crippen LogP contribution in [0.25, 0.3) is 0 Å². The van der Waals surface area contributed by atoms with Crippen molar-refractivity contribution in [3.8, 4) is 0 Å². The van der Waals surface area contributed by atoms with Gasteiger partial charge in [0.25, 0.3) is 0 Å². The number of esters is 1. The van der Waals surface area contributed by atoms with Crippen LogP contribution in [-0.2, 0) is 9.53 Å². The molecule has 1 aromatic heterocycles. The number of aromatic carboxylic acids is 1. The summed E-state index contributed by atoms with van der Waals surface area (Å²) in [5, 5.41) is 11.7. The van der Waals surface area contributed by atoms with Gasteiger partial charge in [0.15, 0.2) is 16.6 Å². The predicted molar refractivity (Wildman–Crippen MR) is 64.2 cm³/mol. The van der Waals surface area contributed by atoms with Crippen molar-refractivity contribution in [3.05, 3.63) is 10.6 Å². The van der Waals surface area contributed by atoms with Crippen molar-refractivity contribution in [1.82, 2.24) is 4.98 Å². The molecule has 0 radical (unpaired) electrons. The number of carbonyl (C=O) groups is 3.